The van der Waals surface area contributed by atoms with Gasteiger partial charge in [0.25, 0.3) is 0 Å². The van der Waals surface area contributed by atoms with Crippen molar-refractivity contribution in [2.75, 3.05) is 19.6 Å². The maximum atomic E-state index is 11.2. The van der Waals surface area contributed by atoms with Crippen LogP contribution in [-0.4, -0.2) is 47.7 Å². The van der Waals surface area contributed by atoms with Crippen LogP contribution in [0, 0.1) is 0 Å². The van der Waals surface area contributed by atoms with Crippen molar-refractivity contribution in [1.29, 1.82) is 0 Å². The Labute approximate surface area is 178 Å². The van der Waals surface area contributed by atoms with Crippen LogP contribution in [0.5, 0.6) is 0 Å². The molecule has 0 saturated carbocycles. The number of hydrogen-bond acceptors (Lipinski definition) is 4. The van der Waals surface area contributed by atoms with Gasteiger partial charge in [0.2, 0.25) is 0 Å². The fourth-order valence-electron chi connectivity index (χ4n) is 3.22. The molecular weight excluding hydrogens is 459 g/mol. The first-order valence-electron chi connectivity index (χ1n) is 9.62. The molecule has 1 saturated heterocycles. The number of rotatable bonds is 7. The molecular formula is C18H33IN6O2. The van der Waals surface area contributed by atoms with Gasteiger partial charge in [-0.15, -0.1) is 24.0 Å². The average Bonchev–Trinajstić information content (AvgIpc) is 3.10. The highest BCUT2D eigenvalue weighted by atomic mass is 127. The van der Waals surface area contributed by atoms with Gasteiger partial charge in [-0.05, 0) is 32.6 Å². The number of aliphatic imine (C=N–C) groups is 1. The molecule has 0 spiro atoms. The van der Waals surface area contributed by atoms with Crippen molar-refractivity contribution >= 4 is 36.0 Å². The summed E-state index contributed by atoms with van der Waals surface area (Å²) < 4.78 is 5.44. The Kier molecular flexibility index (Phi) is 10.5. The summed E-state index contributed by atoms with van der Waals surface area (Å²) in [5.74, 6) is 1.97. The highest BCUT2D eigenvalue weighted by Crippen LogP contribution is 2.22. The van der Waals surface area contributed by atoms with Crippen LogP contribution in [0.15, 0.2) is 15.6 Å². The van der Waals surface area contributed by atoms with Gasteiger partial charge >= 0.3 is 6.03 Å². The summed E-state index contributed by atoms with van der Waals surface area (Å²) >= 11 is 0. The summed E-state index contributed by atoms with van der Waals surface area (Å²) in [6.07, 6.45) is 3.82. The summed E-state index contributed by atoms with van der Waals surface area (Å²) in [5.41, 5.74) is 6.34. The molecule has 27 heavy (non-hydrogen) atoms. The fourth-order valence-corrected chi connectivity index (χ4v) is 3.22. The molecule has 0 bridgehead atoms. The van der Waals surface area contributed by atoms with Crippen molar-refractivity contribution in [2.24, 2.45) is 10.7 Å². The second-order valence-electron chi connectivity index (χ2n) is 6.67. The first-order valence-corrected chi connectivity index (χ1v) is 9.62. The Bertz CT molecular complexity index is 594. The van der Waals surface area contributed by atoms with Gasteiger partial charge in [-0.2, -0.15) is 0 Å². The van der Waals surface area contributed by atoms with Gasteiger partial charge in [0.05, 0.1) is 5.69 Å². The molecule has 0 atom stereocenters. The summed E-state index contributed by atoms with van der Waals surface area (Å²) in [6, 6.07) is 1.94. The molecule has 1 fully saturated rings. The minimum Gasteiger partial charge on any atom is -0.359 e. The Morgan fingerprint density at radius 1 is 1.37 bits per heavy atom. The number of carbonyl (C=O) groups is 1. The highest BCUT2D eigenvalue weighted by molar-refractivity contribution is 14.0. The number of piperidine rings is 1. The molecule has 1 aromatic heterocycles. The number of hydrogen-bond donors (Lipinski definition) is 3. The number of nitrogens with zero attached hydrogens (tertiary/aromatic N) is 3. The number of guanidine groups is 1. The normalized spacial score (nSPS) is 15.6. The third kappa shape index (κ3) is 7.19. The molecule has 0 aliphatic carbocycles. The lowest BCUT2D eigenvalue weighted by Crippen LogP contribution is -2.50. The lowest BCUT2D eigenvalue weighted by molar-refractivity contribution is 0.188. The summed E-state index contributed by atoms with van der Waals surface area (Å²) in [4.78, 5) is 17.5. The van der Waals surface area contributed by atoms with Gasteiger partial charge in [-0.3, -0.25) is 0 Å². The largest absolute Gasteiger partial charge is 0.359 e. The number of amides is 2. The molecule has 0 radical (unpaired) electrons. The molecule has 154 valence electrons. The van der Waals surface area contributed by atoms with E-state index in [-0.39, 0.29) is 36.0 Å². The Morgan fingerprint density at radius 3 is 2.59 bits per heavy atom. The van der Waals surface area contributed by atoms with E-state index in [4.69, 9.17) is 10.3 Å². The number of halogens is 1. The van der Waals surface area contributed by atoms with Gasteiger partial charge in [-0.25, -0.2) is 9.79 Å². The van der Waals surface area contributed by atoms with E-state index in [9.17, 15) is 4.79 Å². The molecule has 9 heteroatoms. The van der Waals surface area contributed by atoms with E-state index in [1.54, 1.807) is 4.90 Å². The van der Waals surface area contributed by atoms with Crippen LogP contribution in [-0.2, 0) is 6.54 Å². The molecule has 2 amide bonds. The van der Waals surface area contributed by atoms with E-state index in [1.165, 1.54) is 0 Å². The van der Waals surface area contributed by atoms with E-state index in [0.717, 1.165) is 49.6 Å². The van der Waals surface area contributed by atoms with E-state index in [0.29, 0.717) is 25.6 Å². The number of likely N-dealkylation sites (tertiary alicyclic amines) is 1. The number of primary amides is 1. The van der Waals surface area contributed by atoms with Crippen LogP contribution in [0.3, 0.4) is 0 Å². The molecule has 1 aromatic rings. The van der Waals surface area contributed by atoms with Gasteiger partial charge < -0.3 is 25.8 Å². The number of aromatic nitrogens is 1. The second kappa shape index (κ2) is 12.0. The smallest absolute Gasteiger partial charge is 0.314 e. The monoisotopic (exact) mass is 492 g/mol. The van der Waals surface area contributed by atoms with Gasteiger partial charge in [0.15, 0.2) is 11.7 Å². The zero-order valence-electron chi connectivity index (χ0n) is 16.5. The van der Waals surface area contributed by atoms with Crippen molar-refractivity contribution in [3.8, 4) is 0 Å². The van der Waals surface area contributed by atoms with Crippen LogP contribution in [0.1, 0.15) is 63.8 Å². The number of nitrogens with two attached hydrogens (primary N) is 1. The third-order valence-electron chi connectivity index (χ3n) is 4.87. The van der Waals surface area contributed by atoms with Crippen molar-refractivity contribution in [1.82, 2.24) is 20.7 Å². The zero-order valence-corrected chi connectivity index (χ0v) is 18.9. The summed E-state index contributed by atoms with van der Waals surface area (Å²) in [7, 11) is 0. The topological polar surface area (TPSA) is 109 Å². The molecule has 0 aromatic carbocycles. The molecule has 2 heterocycles. The molecule has 4 N–H and O–H groups in total. The Balaban J connectivity index is 0.00000364. The van der Waals surface area contributed by atoms with Gasteiger partial charge in [-0.1, -0.05) is 19.0 Å². The minimum atomic E-state index is -0.345. The van der Waals surface area contributed by atoms with E-state index in [1.807, 2.05) is 13.0 Å². The van der Waals surface area contributed by atoms with Crippen molar-refractivity contribution in [2.45, 2.75) is 65.0 Å². The first-order chi connectivity index (χ1) is 12.6. The van der Waals surface area contributed by atoms with Crippen LogP contribution < -0.4 is 16.4 Å². The molecule has 8 nitrogen and oxygen atoms in total. The second-order valence-corrected chi connectivity index (χ2v) is 6.67. The van der Waals surface area contributed by atoms with Gasteiger partial charge in [0, 0.05) is 37.7 Å². The predicted octanol–water partition coefficient (Wildman–Crippen LogP) is 2.79. The third-order valence-corrected chi connectivity index (χ3v) is 4.87. The van der Waals surface area contributed by atoms with E-state index in [2.05, 4.69) is 34.6 Å². The Morgan fingerprint density at radius 2 is 2.04 bits per heavy atom. The number of nitrogens with one attached hydrogen (secondary N) is 2. The maximum absolute atomic E-state index is 11.2. The quantitative estimate of drug-likeness (QED) is 0.308. The first kappa shape index (κ1) is 23.5. The van der Waals surface area contributed by atoms with Crippen molar-refractivity contribution in [3.05, 3.63) is 17.5 Å². The van der Waals surface area contributed by atoms with Crippen LogP contribution in [0.4, 0.5) is 4.79 Å². The summed E-state index contributed by atoms with van der Waals surface area (Å²) in [6.45, 7) is 8.94. The van der Waals surface area contributed by atoms with Crippen LogP contribution >= 0.6 is 24.0 Å². The summed E-state index contributed by atoms with van der Waals surface area (Å²) in [5, 5.41) is 10.9. The van der Waals surface area contributed by atoms with E-state index < -0.39 is 0 Å². The minimum absolute atomic E-state index is 0. The molecule has 0 unspecified atom stereocenters. The average molecular weight is 492 g/mol. The van der Waals surface area contributed by atoms with Crippen molar-refractivity contribution in [3.63, 3.8) is 0 Å². The predicted molar refractivity (Wildman–Crippen MR) is 117 cm³/mol. The number of urea groups is 1. The van der Waals surface area contributed by atoms with Crippen molar-refractivity contribution < 1.29 is 9.32 Å². The molecule has 1 aliphatic rings. The highest BCUT2D eigenvalue weighted by Gasteiger charge is 2.21. The maximum Gasteiger partial charge on any atom is 0.314 e. The van der Waals surface area contributed by atoms with Crippen LogP contribution in [0.2, 0.25) is 0 Å². The SMILES string of the molecule is CCNC(=NCc1cc(C(CC)CC)no1)NC1CCN(C(N)=O)CC1.I. The van der Waals surface area contributed by atoms with E-state index >= 15 is 0 Å². The Hall–Kier alpha value is -1.52. The van der Waals surface area contributed by atoms with Crippen LogP contribution in [0.25, 0.3) is 0 Å². The van der Waals surface area contributed by atoms with Gasteiger partial charge in [0.1, 0.15) is 6.54 Å². The lowest BCUT2D eigenvalue weighted by Gasteiger charge is -2.32. The lowest BCUT2D eigenvalue weighted by atomic mass is 9.99. The molecule has 1 aliphatic heterocycles. The number of carbonyl (C=O) groups excluding carboxylic acids is 1. The zero-order chi connectivity index (χ0) is 18.9. The standard InChI is InChI=1S/C18H32N6O2.HI/c1-4-13(5-2)16-11-15(26-23-16)12-21-18(20-6-3)22-14-7-9-24(10-8-14)17(19)25;/h11,13-14H,4-10,12H2,1-3H3,(H2,19,25)(H2,20,21,22);1H. The fraction of sp³-hybridized carbons (Fsp3) is 0.722. The molecule has 2 rings (SSSR count).